The molecule has 1 heterocycles. The van der Waals surface area contributed by atoms with Crippen molar-refractivity contribution < 1.29 is 14.3 Å². The van der Waals surface area contributed by atoms with Crippen LogP contribution >= 0.6 is 21.6 Å². The molecule has 1 aliphatic heterocycles. The van der Waals surface area contributed by atoms with Crippen LogP contribution in [0.3, 0.4) is 0 Å². The molecule has 338 valence electrons. The number of hydrogen-bond donors (Lipinski definition) is 1. The molecule has 6 nitrogen and oxygen atoms in total. The fraction of sp³-hybridized carbons (Fsp3) is 0.959. The van der Waals surface area contributed by atoms with Crippen LogP contribution in [0.15, 0.2) is 0 Å². The molecule has 1 rings (SSSR count). The summed E-state index contributed by atoms with van der Waals surface area (Å²) in [5.74, 6) is 3.68. The molecule has 1 fully saturated rings. The Bertz CT molecular complexity index is 918. The lowest BCUT2D eigenvalue weighted by molar-refractivity contribution is -0.180. The first-order chi connectivity index (χ1) is 27.8. The minimum atomic E-state index is -0.864. The molecule has 1 aliphatic rings. The average Bonchev–Trinajstić information content (AvgIpc) is 3.18. The van der Waals surface area contributed by atoms with E-state index in [1.807, 2.05) is 26.5 Å². The van der Waals surface area contributed by atoms with Gasteiger partial charge in [-0.05, 0) is 71.0 Å². The van der Waals surface area contributed by atoms with Crippen molar-refractivity contribution in [2.75, 3.05) is 58.4 Å². The van der Waals surface area contributed by atoms with Gasteiger partial charge in [-0.15, -0.1) is 0 Å². The van der Waals surface area contributed by atoms with Crippen molar-refractivity contribution >= 4 is 33.4 Å². The Balaban J connectivity index is 2.70. The van der Waals surface area contributed by atoms with Crippen LogP contribution in [0.5, 0.6) is 0 Å². The quantitative estimate of drug-likeness (QED) is 0.0487. The van der Waals surface area contributed by atoms with Gasteiger partial charge in [0.05, 0.1) is 13.2 Å². The van der Waals surface area contributed by atoms with E-state index in [9.17, 15) is 9.59 Å². The van der Waals surface area contributed by atoms with E-state index < -0.39 is 5.54 Å². The number of hydrogen-bond acceptors (Lipinski definition) is 6. The van der Waals surface area contributed by atoms with Gasteiger partial charge in [-0.1, -0.05) is 203 Å². The van der Waals surface area contributed by atoms with Crippen LogP contribution in [0.25, 0.3) is 0 Å². The maximum absolute atomic E-state index is 14.1. The Hall–Kier alpha value is -0.440. The molecule has 1 N–H and O–H groups in total. The fourth-order valence-electron chi connectivity index (χ4n) is 8.36. The molecule has 0 spiro atoms. The van der Waals surface area contributed by atoms with E-state index in [4.69, 9.17) is 4.74 Å². The Morgan fingerprint density at radius 2 is 1.00 bits per heavy atom. The molecule has 2 amide bonds. The second-order valence-corrected chi connectivity index (χ2v) is 20.7. The Morgan fingerprint density at radius 3 is 1.44 bits per heavy atom. The summed E-state index contributed by atoms with van der Waals surface area (Å²) in [6.07, 6.45) is 39.6. The SMILES string of the molecule is CCCCCCCCCCC(CCCCCCCC)CSSCCCC(=O)N(CCCN(C)C)C1(C(=O)NCC(CCCCCC)CCCCCCCC)COC1. The number of carbonyl (C=O) groups excluding carboxylic acids is 2. The summed E-state index contributed by atoms with van der Waals surface area (Å²) in [5, 5.41) is 3.38. The van der Waals surface area contributed by atoms with Crippen molar-refractivity contribution in [3.05, 3.63) is 0 Å². The first kappa shape index (κ1) is 54.6. The monoisotopic (exact) mass is 840 g/mol. The van der Waals surface area contributed by atoms with E-state index in [0.717, 1.165) is 31.1 Å². The van der Waals surface area contributed by atoms with Gasteiger partial charge >= 0.3 is 0 Å². The highest BCUT2D eigenvalue weighted by molar-refractivity contribution is 8.76. The second-order valence-electron chi connectivity index (χ2n) is 18.1. The van der Waals surface area contributed by atoms with Gasteiger partial charge in [0, 0.05) is 31.0 Å². The molecule has 0 aromatic heterocycles. The van der Waals surface area contributed by atoms with Gasteiger partial charge in [0.2, 0.25) is 5.91 Å². The molecule has 0 radical (unpaired) electrons. The average molecular weight is 840 g/mol. The number of rotatable bonds is 43. The summed E-state index contributed by atoms with van der Waals surface area (Å²) in [6.45, 7) is 12.0. The highest BCUT2D eigenvalue weighted by Crippen LogP contribution is 2.32. The van der Waals surface area contributed by atoms with Crippen molar-refractivity contribution in [2.24, 2.45) is 11.8 Å². The minimum absolute atomic E-state index is 0.00582. The first-order valence-corrected chi connectivity index (χ1v) is 27.4. The van der Waals surface area contributed by atoms with Gasteiger partial charge in [0.1, 0.15) is 0 Å². The molecule has 2 unspecified atom stereocenters. The predicted octanol–water partition coefficient (Wildman–Crippen LogP) is 14.0. The molecule has 0 aromatic rings. The molecule has 2 atom stereocenters. The van der Waals surface area contributed by atoms with Gasteiger partial charge in [0.15, 0.2) is 5.54 Å². The number of carbonyl (C=O) groups is 2. The van der Waals surface area contributed by atoms with Crippen molar-refractivity contribution in [2.45, 2.75) is 232 Å². The van der Waals surface area contributed by atoms with Gasteiger partial charge in [0.25, 0.3) is 5.91 Å². The highest BCUT2D eigenvalue weighted by atomic mass is 33.1. The van der Waals surface area contributed by atoms with Crippen LogP contribution in [0, 0.1) is 11.8 Å². The maximum atomic E-state index is 14.1. The Labute approximate surface area is 363 Å². The van der Waals surface area contributed by atoms with E-state index in [1.54, 1.807) is 0 Å². The van der Waals surface area contributed by atoms with Gasteiger partial charge in [-0.2, -0.15) is 0 Å². The van der Waals surface area contributed by atoms with Crippen molar-refractivity contribution in [1.29, 1.82) is 0 Å². The zero-order valence-electron chi connectivity index (χ0n) is 39.0. The summed E-state index contributed by atoms with van der Waals surface area (Å²) in [6, 6.07) is 0. The third-order valence-electron chi connectivity index (χ3n) is 12.3. The number of unbranched alkanes of at least 4 members (excludes halogenated alkanes) is 20. The van der Waals surface area contributed by atoms with E-state index in [0.29, 0.717) is 38.6 Å². The van der Waals surface area contributed by atoms with Crippen LogP contribution in [-0.4, -0.2) is 85.6 Å². The van der Waals surface area contributed by atoms with Crippen LogP contribution in [0.1, 0.15) is 227 Å². The van der Waals surface area contributed by atoms with Gasteiger partial charge in [-0.25, -0.2) is 0 Å². The summed E-state index contributed by atoms with van der Waals surface area (Å²) >= 11 is 0. The number of amides is 2. The molecular formula is C49H97N3O3S2. The van der Waals surface area contributed by atoms with Crippen LogP contribution in [-0.2, 0) is 14.3 Å². The van der Waals surface area contributed by atoms with Crippen LogP contribution < -0.4 is 5.32 Å². The molecule has 0 bridgehead atoms. The fourth-order valence-corrected chi connectivity index (χ4v) is 10.9. The van der Waals surface area contributed by atoms with E-state index in [-0.39, 0.29) is 11.8 Å². The van der Waals surface area contributed by atoms with E-state index in [1.165, 1.54) is 186 Å². The van der Waals surface area contributed by atoms with Crippen LogP contribution in [0.4, 0.5) is 0 Å². The lowest BCUT2D eigenvalue weighted by Gasteiger charge is -2.48. The zero-order valence-corrected chi connectivity index (χ0v) is 40.6. The molecular weight excluding hydrogens is 743 g/mol. The van der Waals surface area contributed by atoms with Crippen molar-refractivity contribution in [3.8, 4) is 0 Å². The highest BCUT2D eigenvalue weighted by Gasteiger charge is 2.52. The topological polar surface area (TPSA) is 61.9 Å². The van der Waals surface area contributed by atoms with E-state index in [2.05, 4.69) is 52.0 Å². The van der Waals surface area contributed by atoms with Crippen LogP contribution in [0.2, 0.25) is 0 Å². The normalized spacial score (nSPS) is 14.8. The summed E-state index contributed by atoms with van der Waals surface area (Å²) in [7, 11) is 8.16. The van der Waals surface area contributed by atoms with Crippen molar-refractivity contribution in [1.82, 2.24) is 15.1 Å². The summed E-state index contributed by atoms with van der Waals surface area (Å²) in [4.78, 5) is 32.2. The third-order valence-corrected chi connectivity index (χ3v) is 15.0. The third kappa shape index (κ3) is 27.9. The molecule has 0 aliphatic carbocycles. The second kappa shape index (κ2) is 38.5. The molecule has 1 saturated heterocycles. The first-order valence-electron chi connectivity index (χ1n) is 24.9. The number of nitrogens with one attached hydrogen (secondary N) is 1. The smallest absolute Gasteiger partial charge is 0.250 e. The molecule has 0 aromatic carbocycles. The molecule has 8 heteroatoms. The van der Waals surface area contributed by atoms with Gasteiger partial charge in [-0.3, -0.25) is 9.59 Å². The van der Waals surface area contributed by atoms with E-state index >= 15 is 0 Å². The Morgan fingerprint density at radius 1 is 0.561 bits per heavy atom. The van der Waals surface area contributed by atoms with Gasteiger partial charge < -0.3 is 19.9 Å². The summed E-state index contributed by atoms with van der Waals surface area (Å²) < 4.78 is 5.75. The lowest BCUT2D eigenvalue weighted by atomic mass is 9.90. The molecule has 0 saturated carbocycles. The number of nitrogens with zero attached hydrogens (tertiary/aromatic N) is 2. The largest absolute Gasteiger partial charge is 0.375 e. The maximum Gasteiger partial charge on any atom is 0.250 e. The summed E-state index contributed by atoms with van der Waals surface area (Å²) in [5.41, 5.74) is -0.864. The minimum Gasteiger partial charge on any atom is -0.375 e. The number of ether oxygens (including phenoxy) is 1. The van der Waals surface area contributed by atoms with Crippen molar-refractivity contribution in [3.63, 3.8) is 0 Å². The zero-order chi connectivity index (χ0) is 41.7. The predicted molar refractivity (Wildman–Crippen MR) is 255 cm³/mol. The standard InChI is InChI=1S/C49H97N3O3S2/c1-7-11-15-19-22-23-26-30-36-46(35-29-25-21-17-13-9-3)42-57-56-40-31-37-47(53)52(39-32-38-51(5)6)49(43-55-44-49)48(54)50-41-45(33-27-18-14-10-4)34-28-24-20-16-12-8-2/h45-46H,7-44H2,1-6H3,(H,50,54). The Kier molecular flexibility index (Phi) is 36.8. The lowest BCUT2D eigenvalue weighted by Crippen LogP contribution is -2.71. The molecule has 57 heavy (non-hydrogen) atoms.